The van der Waals surface area contributed by atoms with Gasteiger partial charge in [-0.2, -0.15) is 5.10 Å². The van der Waals surface area contributed by atoms with E-state index in [1.54, 1.807) is 26.7 Å². The van der Waals surface area contributed by atoms with Crippen LogP contribution in [0, 0.1) is 0 Å². The van der Waals surface area contributed by atoms with Crippen LogP contribution in [-0.4, -0.2) is 75.2 Å². The lowest BCUT2D eigenvalue weighted by atomic mass is 10.0. The Morgan fingerprint density at radius 3 is 2.79 bits per heavy atom. The lowest BCUT2D eigenvalue weighted by Gasteiger charge is -2.19. The first-order valence-corrected chi connectivity index (χ1v) is 9.49. The van der Waals surface area contributed by atoms with Crippen LogP contribution in [0.4, 0.5) is 0 Å². The number of carbonyl (C=O) groups excluding carboxylic acids is 2. The molecule has 0 unspecified atom stereocenters. The van der Waals surface area contributed by atoms with Crippen LogP contribution in [0.5, 0.6) is 0 Å². The highest BCUT2D eigenvalue weighted by molar-refractivity contribution is 6.04. The number of rotatable bonds is 6. The Labute approximate surface area is 163 Å². The van der Waals surface area contributed by atoms with Gasteiger partial charge in [0.2, 0.25) is 0 Å². The maximum Gasteiger partial charge on any atom is 0.254 e. The molecule has 2 aromatic rings. The van der Waals surface area contributed by atoms with E-state index >= 15 is 0 Å². The van der Waals surface area contributed by atoms with Crippen molar-refractivity contribution >= 4 is 11.8 Å². The van der Waals surface area contributed by atoms with Gasteiger partial charge in [0.25, 0.3) is 11.8 Å². The third-order valence-electron chi connectivity index (χ3n) is 5.43. The second kappa shape index (κ2) is 7.37. The summed E-state index contributed by atoms with van der Waals surface area (Å²) in [7, 11) is 3.96. The van der Waals surface area contributed by atoms with E-state index in [0.29, 0.717) is 43.9 Å². The van der Waals surface area contributed by atoms with Crippen molar-refractivity contribution in [1.82, 2.24) is 24.5 Å². The third kappa shape index (κ3) is 3.18. The number of amides is 2. The molecule has 2 amide bonds. The molecule has 0 radical (unpaired) electrons. The number of likely N-dealkylation sites (N-methyl/N-ethyl adjacent to an activating group) is 1. The van der Waals surface area contributed by atoms with Crippen molar-refractivity contribution in [3.63, 3.8) is 0 Å². The van der Waals surface area contributed by atoms with Crippen LogP contribution in [0.3, 0.4) is 0 Å². The van der Waals surface area contributed by atoms with E-state index in [4.69, 9.17) is 0 Å². The molecule has 3 heterocycles. The summed E-state index contributed by atoms with van der Waals surface area (Å²) in [5.74, 6) is -0.0688. The largest absolute Gasteiger partial charge is 0.394 e. The van der Waals surface area contributed by atoms with Gasteiger partial charge >= 0.3 is 0 Å². The van der Waals surface area contributed by atoms with Crippen LogP contribution in [0.2, 0.25) is 0 Å². The van der Waals surface area contributed by atoms with Crippen molar-refractivity contribution < 1.29 is 14.7 Å². The third-order valence-corrected chi connectivity index (χ3v) is 5.43. The van der Waals surface area contributed by atoms with Crippen LogP contribution in [0.15, 0.2) is 24.4 Å². The molecule has 1 aromatic heterocycles. The average molecular weight is 383 g/mol. The fourth-order valence-electron chi connectivity index (χ4n) is 3.90. The number of hydrogen-bond donors (Lipinski definition) is 1. The normalized spacial score (nSPS) is 15.5. The SMILES string of the molecule is CN(C)CCN1Cc2c(cccc2C(=O)N2Cc3cnn(CCO)c3C2)C1=O. The van der Waals surface area contributed by atoms with E-state index in [1.807, 2.05) is 31.1 Å². The molecule has 0 aliphatic carbocycles. The highest BCUT2D eigenvalue weighted by Crippen LogP contribution is 2.30. The first kappa shape index (κ1) is 18.6. The lowest BCUT2D eigenvalue weighted by molar-refractivity contribution is 0.0738. The van der Waals surface area contributed by atoms with E-state index in [0.717, 1.165) is 23.4 Å². The van der Waals surface area contributed by atoms with Gasteiger partial charge in [-0.15, -0.1) is 0 Å². The number of aromatic nitrogens is 2. The number of benzene rings is 1. The predicted octanol–water partition coefficient (Wildman–Crippen LogP) is 0.549. The van der Waals surface area contributed by atoms with Gasteiger partial charge in [0.05, 0.1) is 31.6 Å². The van der Waals surface area contributed by atoms with E-state index in [1.165, 1.54) is 0 Å². The summed E-state index contributed by atoms with van der Waals surface area (Å²) >= 11 is 0. The van der Waals surface area contributed by atoms with Crippen LogP contribution < -0.4 is 0 Å². The lowest BCUT2D eigenvalue weighted by Crippen LogP contribution is -2.32. The monoisotopic (exact) mass is 383 g/mol. The Hall–Kier alpha value is -2.71. The maximum absolute atomic E-state index is 13.2. The molecule has 0 atom stereocenters. The fourth-order valence-corrected chi connectivity index (χ4v) is 3.90. The first-order chi connectivity index (χ1) is 13.5. The topological polar surface area (TPSA) is 81.9 Å². The van der Waals surface area contributed by atoms with Gasteiger partial charge in [-0.25, -0.2) is 0 Å². The number of nitrogens with zero attached hydrogens (tertiary/aromatic N) is 5. The number of fused-ring (bicyclic) bond motifs is 2. The number of aliphatic hydroxyl groups excluding tert-OH is 1. The van der Waals surface area contributed by atoms with Gasteiger partial charge in [0.1, 0.15) is 0 Å². The zero-order chi connectivity index (χ0) is 19.8. The predicted molar refractivity (Wildman–Crippen MR) is 103 cm³/mol. The molecule has 0 fully saturated rings. The summed E-state index contributed by atoms with van der Waals surface area (Å²) in [6.07, 6.45) is 1.76. The van der Waals surface area contributed by atoms with Crippen LogP contribution >= 0.6 is 0 Å². The number of aliphatic hydroxyl groups is 1. The van der Waals surface area contributed by atoms with Crippen molar-refractivity contribution in [3.8, 4) is 0 Å². The highest BCUT2D eigenvalue weighted by Gasteiger charge is 2.34. The molecule has 148 valence electrons. The Bertz CT molecular complexity index is 921. The Morgan fingerprint density at radius 1 is 1.21 bits per heavy atom. The van der Waals surface area contributed by atoms with E-state index in [2.05, 4.69) is 5.10 Å². The molecule has 4 rings (SSSR count). The summed E-state index contributed by atoms with van der Waals surface area (Å²) in [5, 5.41) is 13.4. The molecule has 1 aromatic carbocycles. The number of carbonyl (C=O) groups is 2. The van der Waals surface area contributed by atoms with Gasteiger partial charge in [-0.3, -0.25) is 14.3 Å². The molecule has 2 aliphatic heterocycles. The van der Waals surface area contributed by atoms with E-state index < -0.39 is 0 Å². The summed E-state index contributed by atoms with van der Waals surface area (Å²) in [4.78, 5) is 31.6. The van der Waals surface area contributed by atoms with Crippen molar-refractivity contribution in [2.75, 3.05) is 33.8 Å². The summed E-state index contributed by atoms with van der Waals surface area (Å²) in [6.45, 7) is 3.30. The summed E-state index contributed by atoms with van der Waals surface area (Å²) in [6, 6.07) is 5.41. The van der Waals surface area contributed by atoms with Gasteiger partial charge in [-0.05, 0) is 31.8 Å². The molecule has 8 heteroatoms. The van der Waals surface area contributed by atoms with Gasteiger partial charge < -0.3 is 19.8 Å². The Balaban J connectivity index is 1.54. The zero-order valence-corrected chi connectivity index (χ0v) is 16.3. The molecular weight excluding hydrogens is 358 g/mol. The average Bonchev–Trinajstić information content (AvgIpc) is 3.34. The number of hydrogen-bond acceptors (Lipinski definition) is 5. The molecule has 0 bridgehead atoms. The van der Waals surface area contributed by atoms with Gasteiger partial charge in [0.15, 0.2) is 0 Å². The van der Waals surface area contributed by atoms with Crippen LogP contribution in [0.1, 0.15) is 37.5 Å². The van der Waals surface area contributed by atoms with Crippen molar-refractivity contribution in [2.45, 2.75) is 26.2 Å². The minimum Gasteiger partial charge on any atom is -0.394 e. The molecule has 8 nitrogen and oxygen atoms in total. The maximum atomic E-state index is 13.2. The highest BCUT2D eigenvalue weighted by atomic mass is 16.3. The Morgan fingerprint density at radius 2 is 2.04 bits per heavy atom. The summed E-state index contributed by atoms with van der Waals surface area (Å²) < 4.78 is 1.75. The Kier molecular flexibility index (Phi) is 4.91. The molecule has 0 saturated carbocycles. The van der Waals surface area contributed by atoms with E-state index in [-0.39, 0.29) is 18.4 Å². The molecular formula is C20H25N5O3. The quantitative estimate of drug-likeness (QED) is 0.788. The molecule has 1 N–H and O–H groups in total. The molecule has 0 spiro atoms. The minimum atomic E-state index is -0.0640. The smallest absolute Gasteiger partial charge is 0.254 e. The molecule has 28 heavy (non-hydrogen) atoms. The standard InChI is InChI=1S/C20H25N5O3/c1-22(2)6-7-23-12-17-15(19(23)27)4-3-5-16(17)20(28)24-11-14-10-21-25(8-9-26)18(14)13-24/h3-5,10,26H,6-9,11-13H2,1-2H3. The second-order valence-electron chi connectivity index (χ2n) is 7.59. The van der Waals surface area contributed by atoms with Crippen LogP contribution in [0.25, 0.3) is 0 Å². The van der Waals surface area contributed by atoms with Crippen molar-refractivity contribution in [3.05, 3.63) is 52.3 Å². The molecule has 0 saturated heterocycles. The van der Waals surface area contributed by atoms with Crippen LogP contribution in [-0.2, 0) is 26.2 Å². The zero-order valence-electron chi connectivity index (χ0n) is 16.3. The van der Waals surface area contributed by atoms with E-state index in [9.17, 15) is 14.7 Å². The second-order valence-corrected chi connectivity index (χ2v) is 7.59. The summed E-state index contributed by atoms with van der Waals surface area (Å²) in [5.41, 5.74) is 4.04. The fraction of sp³-hybridized carbons (Fsp3) is 0.450. The van der Waals surface area contributed by atoms with Gasteiger partial charge in [0, 0.05) is 42.9 Å². The van der Waals surface area contributed by atoms with Crippen molar-refractivity contribution in [2.24, 2.45) is 0 Å². The molecule has 2 aliphatic rings. The van der Waals surface area contributed by atoms with Crippen molar-refractivity contribution in [1.29, 1.82) is 0 Å². The van der Waals surface area contributed by atoms with Gasteiger partial charge in [-0.1, -0.05) is 6.07 Å². The first-order valence-electron chi connectivity index (χ1n) is 9.49. The minimum absolute atomic E-state index is 0.00482.